The van der Waals surface area contributed by atoms with Gasteiger partial charge in [0.15, 0.2) is 0 Å². The first kappa shape index (κ1) is 72.8. The Bertz CT molecular complexity index is 1640. The predicted octanol–water partition coefficient (Wildman–Crippen LogP) is 25.4. The molecular weight excluding hydrogens is 951 g/mol. The summed E-state index contributed by atoms with van der Waals surface area (Å²) in [5, 5.41) is 0. The Hall–Kier alpha value is -2.25. The molecule has 0 radical (unpaired) electrons. The molecule has 2 aromatic carbocycles. The topological polar surface area (TPSA) is 25.3 Å². The van der Waals surface area contributed by atoms with Gasteiger partial charge in [-0.3, -0.25) is 0 Å². The zero-order chi connectivity index (χ0) is 53.8. The zero-order valence-electron chi connectivity index (χ0n) is 50.9. The Kier molecular flexibility index (Phi) is 53.4. The van der Waals surface area contributed by atoms with Crippen LogP contribution in [0.3, 0.4) is 0 Å². The summed E-state index contributed by atoms with van der Waals surface area (Å²) in [6.45, 7) is 21.2. The Morgan fingerprint density at radius 3 is 1.03 bits per heavy atom. The van der Waals surface area contributed by atoms with Crippen LogP contribution in [0.5, 0.6) is 0 Å². The van der Waals surface area contributed by atoms with Crippen LogP contribution in [0.25, 0.3) is 16.9 Å². The molecule has 0 saturated carbocycles. The van der Waals surface area contributed by atoms with Crippen LogP contribution < -0.4 is 0 Å². The van der Waals surface area contributed by atoms with Crippen molar-refractivity contribution in [2.75, 3.05) is 0 Å². The van der Waals surface area contributed by atoms with Crippen LogP contribution in [0.15, 0.2) is 71.8 Å². The first-order chi connectivity index (χ1) is 36.5. The third-order valence-corrected chi connectivity index (χ3v) is 15.3. The molecule has 0 atom stereocenters. The van der Waals surface area contributed by atoms with Gasteiger partial charge in [-0.05, 0) is 86.8 Å². The molecule has 432 valence electrons. The van der Waals surface area contributed by atoms with Crippen molar-refractivity contribution < 1.29 is 21.2 Å². The minimum absolute atomic E-state index is 0. The molecule has 1 aliphatic rings. The van der Waals surface area contributed by atoms with E-state index in [0.717, 1.165) is 73.9 Å². The first-order valence-electron chi connectivity index (χ1n) is 32.9. The maximum Gasteiger partial charge on any atom is 2.00 e. The first-order valence-corrected chi connectivity index (χ1v) is 32.9. The Morgan fingerprint density at radius 2 is 0.680 bits per heavy atom. The normalized spacial score (nSPS) is 12.3. The number of rotatable bonds is 47. The molecule has 3 rings (SSSR count). The van der Waals surface area contributed by atoms with Gasteiger partial charge in [-0.2, -0.15) is 12.8 Å². The summed E-state index contributed by atoms with van der Waals surface area (Å²) >= 11 is 0. The van der Waals surface area contributed by atoms with E-state index < -0.39 is 0 Å². The van der Waals surface area contributed by atoms with E-state index in [-0.39, 0.29) is 16.5 Å². The van der Waals surface area contributed by atoms with Gasteiger partial charge in [-0.15, -0.1) is 0 Å². The molecule has 0 aromatic heterocycles. The van der Waals surface area contributed by atoms with E-state index in [2.05, 4.69) is 116 Å². The van der Waals surface area contributed by atoms with Crippen molar-refractivity contribution in [3.8, 4) is 0 Å². The number of benzene rings is 2. The van der Waals surface area contributed by atoms with Crippen LogP contribution in [0.1, 0.15) is 346 Å². The van der Waals surface area contributed by atoms with Crippen LogP contribution in [0.2, 0.25) is 0 Å². The number of nitrogens with zero attached hydrogens (tertiary/aromatic N) is 2. The van der Waals surface area contributed by atoms with Crippen molar-refractivity contribution in [1.29, 1.82) is 0 Å². The van der Waals surface area contributed by atoms with Gasteiger partial charge in [0.05, 0.1) is 5.57 Å². The minimum Gasteiger partial charge on any atom is -0.493 e. The molecule has 0 saturated heterocycles. The van der Waals surface area contributed by atoms with Gasteiger partial charge >= 0.3 is 16.5 Å². The molecule has 75 heavy (non-hydrogen) atoms. The summed E-state index contributed by atoms with van der Waals surface area (Å²) in [7, 11) is 0. The van der Waals surface area contributed by atoms with Crippen LogP contribution in [-0.2, 0) is 29.3 Å². The van der Waals surface area contributed by atoms with Crippen molar-refractivity contribution in [2.24, 2.45) is 0 Å². The quantitative estimate of drug-likeness (QED) is 0.0273. The van der Waals surface area contributed by atoms with E-state index in [1.54, 1.807) is 4.70 Å². The number of unbranched alkanes of at least 4 members (excludes halogenated alkanes) is 37. The molecule has 1 heterocycles. The van der Waals surface area contributed by atoms with E-state index in [0.29, 0.717) is 0 Å². The monoisotopic (exact) mass is 1070 g/mol. The average Bonchev–Trinajstić information content (AvgIpc) is 3.70. The molecule has 1 aliphatic heterocycles. The Morgan fingerprint density at radius 1 is 0.373 bits per heavy atom. The largest absolute Gasteiger partial charge is 2.00 e. The van der Waals surface area contributed by atoms with E-state index in [1.165, 1.54) is 266 Å². The fraction of sp³-hybridized carbons (Fsp3) is 0.722. The maximum absolute atomic E-state index is 12.1. The van der Waals surface area contributed by atoms with Crippen LogP contribution >= 0.6 is 0 Å². The second-order valence-electron chi connectivity index (χ2n) is 22.5. The predicted molar refractivity (Wildman–Crippen MR) is 335 cm³/mol. The number of hydrogen-bond donors (Lipinski definition) is 0. The molecule has 2 nitrogen and oxygen atoms in total. The third kappa shape index (κ3) is 38.1. The Labute approximate surface area is 480 Å². The molecule has 0 amide bonds. The smallest absolute Gasteiger partial charge is 0.493 e. The molecule has 0 spiro atoms. The van der Waals surface area contributed by atoms with E-state index >= 15 is 0 Å². The van der Waals surface area contributed by atoms with Gasteiger partial charge in [-0.25, -0.2) is 4.70 Å². The molecule has 0 fully saturated rings. The second-order valence-corrected chi connectivity index (χ2v) is 22.5. The minimum atomic E-state index is 0. The van der Waals surface area contributed by atoms with E-state index in [9.17, 15) is 5.53 Å². The van der Waals surface area contributed by atoms with Gasteiger partial charge in [0, 0.05) is 16.7 Å². The third-order valence-electron chi connectivity index (χ3n) is 15.3. The van der Waals surface area contributed by atoms with Gasteiger partial charge in [0.1, 0.15) is 0 Å². The fourth-order valence-corrected chi connectivity index (χ4v) is 10.5. The van der Waals surface area contributed by atoms with Gasteiger partial charge in [0.25, 0.3) is 0 Å². The average molecular weight is 1080 g/mol. The standard InChI is InChI=1S/C54H86N2.2C9H19.Ni/c1-5-9-13-14-15-16-17-18-19-20-21-22-23-24-25-26-27-28-29-30-31-32-33-34-44-52-51(43-12-8-4)53(49-41-35-39-47(45-49)37-10-6-2)56(55)54(52)50-42-36-40-48(46-50)38-11-7-3;2*1-3-5-7-9-8-6-4-2;/h34-36,39-42,44-46H,5-33,37-38,43H2,1-4H3;2*1,3-9H2,2H3;/q;2*-1;+2. The van der Waals surface area contributed by atoms with Crippen molar-refractivity contribution in [3.63, 3.8) is 0 Å². The van der Waals surface area contributed by atoms with Crippen molar-refractivity contribution in [3.05, 3.63) is 113 Å². The summed E-state index contributed by atoms with van der Waals surface area (Å²) in [5.41, 5.74) is 21.5. The van der Waals surface area contributed by atoms with Gasteiger partial charge in [-0.1, -0.05) is 309 Å². The van der Waals surface area contributed by atoms with Crippen molar-refractivity contribution in [2.45, 2.75) is 337 Å². The van der Waals surface area contributed by atoms with E-state index in [4.69, 9.17) is 0 Å². The Balaban J connectivity index is 0.00000244. The van der Waals surface area contributed by atoms with Crippen LogP contribution in [0, 0.1) is 13.8 Å². The van der Waals surface area contributed by atoms with Crippen molar-refractivity contribution in [1.82, 2.24) is 0 Å². The molecule has 0 unspecified atom stereocenters. The molecule has 0 aliphatic carbocycles. The molecular formula is C72H124N2Ni. The second kappa shape index (κ2) is 55.1. The summed E-state index contributed by atoms with van der Waals surface area (Å²) < 4.78 is 1.54. The van der Waals surface area contributed by atoms with Gasteiger partial charge in [0.2, 0.25) is 11.4 Å². The molecule has 3 heteroatoms. The zero-order valence-corrected chi connectivity index (χ0v) is 51.9. The summed E-state index contributed by atoms with van der Waals surface area (Å²) in [5.74, 6) is 0. The number of aryl methyl sites for hydroxylation is 2. The summed E-state index contributed by atoms with van der Waals surface area (Å²) in [6, 6.07) is 17.9. The molecule has 0 N–H and O–H groups in total. The van der Waals surface area contributed by atoms with Crippen LogP contribution in [-0.4, -0.2) is 4.70 Å². The SMILES string of the molecule is CCCCCCCCCCCCCCCCCCCCCCCCC=CC1=C(c2cccc(CCCC)c2)[N+](=[N-])C(c2cccc(CCCC)c2)=C1CCCC.[CH2-]CCCCCCCC.[CH2-]CCCCCCCC.[Ni+2]. The fourth-order valence-electron chi connectivity index (χ4n) is 10.5. The molecule has 0 bridgehead atoms. The van der Waals surface area contributed by atoms with Crippen LogP contribution in [0.4, 0.5) is 0 Å². The van der Waals surface area contributed by atoms with Gasteiger partial charge < -0.3 is 19.4 Å². The summed E-state index contributed by atoms with van der Waals surface area (Å²) in [4.78, 5) is 0. The van der Waals surface area contributed by atoms with Crippen molar-refractivity contribution >= 4 is 11.4 Å². The number of hydrogen-bond acceptors (Lipinski definition) is 0. The number of allylic oxidation sites excluding steroid dienone is 4. The maximum atomic E-state index is 12.1. The van der Waals surface area contributed by atoms with E-state index in [1.807, 2.05) is 0 Å². The summed E-state index contributed by atoms with van der Waals surface area (Å²) in [6.07, 6.45) is 66.2. The molecule has 2 aromatic rings.